The summed E-state index contributed by atoms with van der Waals surface area (Å²) in [6.07, 6.45) is 5.11. The molecular weight excluding hydrogens is 451 g/mol. The fraction of sp³-hybridized carbons (Fsp3) is 0.238. The predicted molar refractivity (Wildman–Crippen MR) is 114 cm³/mol. The third-order valence-electron chi connectivity index (χ3n) is 5.02. The van der Waals surface area contributed by atoms with Crippen LogP contribution in [0.1, 0.15) is 36.2 Å². The highest BCUT2D eigenvalue weighted by Gasteiger charge is 2.26. The highest BCUT2D eigenvalue weighted by Crippen LogP contribution is 2.25. The molecule has 1 amide bonds. The molecule has 4 aromatic heterocycles. The molecule has 0 N–H and O–H groups in total. The van der Waals surface area contributed by atoms with Gasteiger partial charge in [-0.3, -0.25) is 4.79 Å². The number of hydrogen-bond acceptors (Lipinski definition) is 4. The molecule has 9 heteroatoms. The fourth-order valence-electron chi connectivity index (χ4n) is 3.48. The molecule has 0 aromatic carbocycles. The Morgan fingerprint density at radius 1 is 1.27 bits per heavy atom. The number of fused-ring (bicyclic) bond motifs is 1. The van der Waals surface area contributed by atoms with Gasteiger partial charge in [0.25, 0.3) is 5.91 Å². The second-order valence-electron chi connectivity index (χ2n) is 6.98. The van der Waals surface area contributed by atoms with Crippen LogP contribution in [0.2, 0.25) is 0 Å². The van der Waals surface area contributed by atoms with E-state index in [2.05, 4.69) is 31.0 Å². The van der Waals surface area contributed by atoms with Crippen molar-refractivity contribution in [1.82, 2.24) is 29.0 Å². The largest absolute Gasteiger partial charge is 0.336 e. The third kappa shape index (κ3) is 3.72. The van der Waals surface area contributed by atoms with Gasteiger partial charge in [0.05, 0.1) is 17.3 Å². The molecule has 154 valence electrons. The number of halogens is 2. The van der Waals surface area contributed by atoms with Crippen LogP contribution in [0.3, 0.4) is 0 Å². The highest BCUT2D eigenvalue weighted by molar-refractivity contribution is 9.10. The van der Waals surface area contributed by atoms with Crippen LogP contribution in [0.25, 0.3) is 16.8 Å². The van der Waals surface area contributed by atoms with Gasteiger partial charge in [-0.05, 0) is 60.1 Å². The maximum Gasteiger partial charge on any atom is 0.274 e. The summed E-state index contributed by atoms with van der Waals surface area (Å²) < 4.78 is 17.6. The number of hydrogen-bond donors (Lipinski definition) is 0. The summed E-state index contributed by atoms with van der Waals surface area (Å²) in [7, 11) is 1.88. The maximum atomic E-state index is 13.2. The van der Waals surface area contributed by atoms with Crippen LogP contribution >= 0.6 is 15.9 Å². The van der Waals surface area contributed by atoms with Crippen LogP contribution in [0.15, 0.2) is 53.4 Å². The van der Waals surface area contributed by atoms with E-state index in [0.29, 0.717) is 23.5 Å². The lowest BCUT2D eigenvalue weighted by atomic mass is 10.2. The number of aryl methyl sites for hydroxylation is 1. The number of imidazole rings is 1. The molecule has 0 bridgehead atoms. The number of rotatable bonds is 5. The Hall–Kier alpha value is -3.07. The van der Waals surface area contributed by atoms with Gasteiger partial charge in [0.1, 0.15) is 5.82 Å². The SMILES string of the molecule is CCN(C(=O)c1cc2ccc(Br)cn2n1)C(C)c1nc(-c2ccc(F)nc2)cn1C. The van der Waals surface area contributed by atoms with Crippen molar-refractivity contribution in [3.8, 4) is 11.3 Å². The zero-order valence-corrected chi connectivity index (χ0v) is 18.3. The summed E-state index contributed by atoms with van der Waals surface area (Å²) in [5.41, 5.74) is 2.60. The third-order valence-corrected chi connectivity index (χ3v) is 5.49. The molecule has 0 aliphatic heterocycles. The molecule has 0 saturated heterocycles. The summed E-state index contributed by atoms with van der Waals surface area (Å²) >= 11 is 3.42. The fourth-order valence-corrected chi connectivity index (χ4v) is 3.81. The van der Waals surface area contributed by atoms with Crippen LogP contribution in [0.5, 0.6) is 0 Å². The standard InChI is InChI=1S/C21H20BrFN6O/c1-4-28(21(30)17-9-16-7-6-15(22)11-29(16)26-17)13(2)20-25-18(12-27(20)3)14-5-8-19(23)24-10-14/h5-13H,4H2,1-3H3. The lowest BCUT2D eigenvalue weighted by Gasteiger charge is -2.26. The van der Waals surface area contributed by atoms with Gasteiger partial charge < -0.3 is 9.47 Å². The van der Waals surface area contributed by atoms with Crippen LogP contribution in [-0.4, -0.2) is 41.5 Å². The smallest absolute Gasteiger partial charge is 0.274 e. The highest BCUT2D eigenvalue weighted by atomic mass is 79.9. The van der Waals surface area contributed by atoms with Gasteiger partial charge in [-0.1, -0.05) is 0 Å². The van der Waals surface area contributed by atoms with Crippen molar-refractivity contribution in [2.24, 2.45) is 7.05 Å². The zero-order chi connectivity index (χ0) is 21.4. The van der Waals surface area contributed by atoms with Gasteiger partial charge in [0.15, 0.2) is 5.69 Å². The van der Waals surface area contributed by atoms with Gasteiger partial charge in [-0.25, -0.2) is 14.5 Å². The maximum absolute atomic E-state index is 13.2. The molecule has 0 aliphatic rings. The molecule has 1 unspecified atom stereocenters. The molecule has 0 spiro atoms. The molecule has 1 atom stereocenters. The Morgan fingerprint density at radius 2 is 2.07 bits per heavy atom. The van der Waals surface area contributed by atoms with Crippen molar-refractivity contribution in [2.75, 3.05) is 6.54 Å². The second-order valence-corrected chi connectivity index (χ2v) is 7.89. The molecule has 4 aromatic rings. The van der Waals surface area contributed by atoms with Crippen molar-refractivity contribution in [3.63, 3.8) is 0 Å². The van der Waals surface area contributed by atoms with E-state index in [1.54, 1.807) is 21.5 Å². The van der Waals surface area contributed by atoms with Crippen molar-refractivity contribution in [2.45, 2.75) is 19.9 Å². The minimum absolute atomic E-state index is 0.169. The van der Waals surface area contributed by atoms with E-state index in [4.69, 9.17) is 0 Å². The Labute approximate surface area is 181 Å². The molecule has 7 nitrogen and oxygen atoms in total. The average Bonchev–Trinajstić information content (AvgIpc) is 3.32. The zero-order valence-electron chi connectivity index (χ0n) is 16.8. The summed E-state index contributed by atoms with van der Waals surface area (Å²) in [5.74, 6) is 0.0133. The van der Waals surface area contributed by atoms with Crippen molar-refractivity contribution >= 4 is 27.4 Å². The Balaban J connectivity index is 1.64. The lowest BCUT2D eigenvalue weighted by Crippen LogP contribution is -2.35. The number of aromatic nitrogens is 5. The number of carbonyl (C=O) groups excluding carboxylic acids is 1. The Kier molecular flexibility index (Phi) is 5.38. The topological polar surface area (TPSA) is 68.3 Å². The molecule has 30 heavy (non-hydrogen) atoms. The first kappa shape index (κ1) is 20.2. The Morgan fingerprint density at radius 3 is 2.77 bits per heavy atom. The van der Waals surface area contributed by atoms with Gasteiger partial charge >= 0.3 is 0 Å². The van der Waals surface area contributed by atoms with Crippen molar-refractivity contribution < 1.29 is 9.18 Å². The molecule has 0 fully saturated rings. The molecule has 4 heterocycles. The molecule has 0 radical (unpaired) electrons. The summed E-state index contributed by atoms with van der Waals surface area (Å²) in [5, 5.41) is 4.43. The minimum Gasteiger partial charge on any atom is -0.336 e. The Bertz CT molecular complexity index is 1220. The van der Waals surface area contributed by atoms with Gasteiger partial charge in [-0.2, -0.15) is 9.49 Å². The average molecular weight is 471 g/mol. The van der Waals surface area contributed by atoms with Crippen LogP contribution < -0.4 is 0 Å². The first-order valence-corrected chi connectivity index (χ1v) is 10.3. The van der Waals surface area contributed by atoms with E-state index in [1.807, 2.05) is 50.0 Å². The first-order chi connectivity index (χ1) is 14.4. The minimum atomic E-state index is -0.537. The number of nitrogens with zero attached hydrogens (tertiary/aromatic N) is 6. The number of pyridine rings is 2. The number of carbonyl (C=O) groups is 1. The van der Waals surface area contributed by atoms with Gasteiger partial charge in [0.2, 0.25) is 5.95 Å². The van der Waals surface area contributed by atoms with Crippen LogP contribution in [-0.2, 0) is 7.05 Å². The molecule has 4 rings (SSSR count). The lowest BCUT2D eigenvalue weighted by molar-refractivity contribution is 0.0686. The monoisotopic (exact) mass is 470 g/mol. The first-order valence-electron chi connectivity index (χ1n) is 9.48. The number of amides is 1. The van der Waals surface area contributed by atoms with E-state index in [9.17, 15) is 9.18 Å². The quantitative estimate of drug-likeness (QED) is 0.408. The van der Waals surface area contributed by atoms with Crippen molar-refractivity contribution in [3.05, 3.63) is 70.9 Å². The van der Waals surface area contributed by atoms with E-state index >= 15 is 0 Å². The van der Waals surface area contributed by atoms with Gasteiger partial charge in [0, 0.05) is 42.2 Å². The molecular formula is C21H20BrFN6O. The molecule has 0 saturated carbocycles. The van der Waals surface area contributed by atoms with Crippen LogP contribution in [0.4, 0.5) is 4.39 Å². The molecule has 0 aliphatic carbocycles. The van der Waals surface area contributed by atoms with Gasteiger partial charge in [-0.15, -0.1) is 0 Å². The van der Waals surface area contributed by atoms with Crippen LogP contribution in [0, 0.1) is 5.95 Å². The van der Waals surface area contributed by atoms with E-state index in [1.165, 1.54) is 12.3 Å². The summed E-state index contributed by atoms with van der Waals surface area (Å²) in [4.78, 5) is 23.3. The summed E-state index contributed by atoms with van der Waals surface area (Å²) in [6, 6.07) is 8.23. The second kappa shape index (κ2) is 7.98. The van der Waals surface area contributed by atoms with E-state index in [-0.39, 0.29) is 11.9 Å². The van der Waals surface area contributed by atoms with E-state index in [0.717, 1.165) is 15.8 Å². The predicted octanol–water partition coefficient (Wildman–Crippen LogP) is 4.25. The normalized spacial score (nSPS) is 12.3. The summed E-state index contributed by atoms with van der Waals surface area (Å²) in [6.45, 7) is 4.36. The van der Waals surface area contributed by atoms with Crippen molar-refractivity contribution in [1.29, 1.82) is 0 Å². The van der Waals surface area contributed by atoms with E-state index < -0.39 is 5.95 Å².